The maximum atomic E-state index is 11.9. The zero-order valence-corrected chi connectivity index (χ0v) is 10.4. The van der Waals surface area contributed by atoms with Crippen molar-refractivity contribution < 1.29 is 4.79 Å². The fourth-order valence-electron chi connectivity index (χ4n) is 1.75. The third kappa shape index (κ3) is 2.94. The van der Waals surface area contributed by atoms with Crippen molar-refractivity contribution in [3.8, 4) is 0 Å². The third-order valence-electron chi connectivity index (χ3n) is 2.70. The van der Waals surface area contributed by atoms with Crippen LogP contribution in [0.15, 0.2) is 48.7 Å². The van der Waals surface area contributed by atoms with Crippen molar-refractivity contribution in [2.24, 2.45) is 0 Å². The molecule has 2 rings (SSSR count). The molecule has 92 valence electrons. The normalized spacial score (nSPS) is 10.9. The zero-order valence-electron chi connectivity index (χ0n) is 10.4. The SMILES string of the molecule is C/C=C/CCNC(=O)c1ccc2ncccc2c1. The van der Waals surface area contributed by atoms with Crippen LogP contribution in [0, 0.1) is 0 Å². The van der Waals surface area contributed by atoms with Gasteiger partial charge in [0.05, 0.1) is 5.52 Å². The summed E-state index contributed by atoms with van der Waals surface area (Å²) in [4.78, 5) is 16.1. The highest BCUT2D eigenvalue weighted by Crippen LogP contribution is 2.13. The maximum absolute atomic E-state index is 11.9. The first-order valence-electron chi connectivity index (χ1n) is 6.05. The Morgan fingerprint density at radius 1 is 1.39 bits per heavy atom. The monoisotopic (exact) mass is 240 g/mol. The second-order valence-electron chi connectivity index (χ2n) is 4.02. The summed E-state index contributed by atoms with van der Waals surface area (Å²) in [5, 5.41) is 3.87. The van der Waals surface area contributed by atoms with E-state index in [2.05, 4.69) is 10.3 Å². The average Bonchev–Trinajstić information content (AvgIpc) is 2.43. The standard InChI is InChI=1S/C15H16N2O/c1-2-3-4-9-17-15(18)13-7-8-14-12(11-13)6-5-10-16-14/h2-3,5-8,10-11H,4,9H2,1H3,(H,17,18)/b3-2+. The van der Waals surface area contributed by atoms with Crippen LogP contribution in [0.2, 0.25) is 0 Å². The van der Waals surface area contributed by atoms with Gasteiger partial charge in [-0.2, -0.15) is 0 Å². The molecule has 0 atom stereocenters. The maximum Gasteiger partial charge on any atom is 0.251 e. The average molecular weight is 240 g/mol. The summed E-state index contributed by atoms with van der Waals surface area (Å²) in [7, 11) is 0. The van der Waals surface area contributed by atoms with Gasteiger partial charge in [0.1, 0.15) is 0 Å². The number of nitrogens with zero attached hydrogens (tertiary/aromatic N) is 1. The van der Waals surface area contributed by atoms with Gasteiger partial charge in [-0.25, -0.2) is 0 Å². The van der Waals surface area contributed by atoms with E-state index in [-0.39, 0.29) is 5.91 Å². The number of pyridine rings is 1. The number of aromatic nitrogens is 1. The van der Waals surface area contributed by atoms with E-state index in [4.69, 9.17) is 0 Å². The van der Waals surface area contributed by atoms with Crippen LogP contribution in [-0.4, -0.2) is 17.4 Å². The van der Waals surface area contributed by atoms with Gasteiger partial charge in [0.2, 0.25) is 0 Å². The van der Waals surface area contributed by atoms with Gasteiger partial charge < -0.3 is 5.32 Å². The van der Waals surface area contributed by atoms with Crippen LogP contribution in [-0.2, 0) is 0 Å². The number of amides is 1. The lowest BCUT2D eigenvalue weighted by Crippen LogP contribution is -2.24. The number of carbonyl (C=O) groups is 1. The first-order valence-corrected chi connectivity index (χ1v) is 6.05. The van der Waals surface area contributed by atoms with E-state index in [1.54, 1.807) is 12.3 Å². The Labute approximate surface area is 107 Å². The number of hydrogen-bond donors (Lipinski definition) is 1. The van der Waals surface area contributed by atoms with E-state index in [0.717, 1.165) is 17.3 Å². The number of fused-ring (bicyclic) bond motifs is 1. The lowest BCUT2D eigenvalue weighted by Gasteiger charge is -2.04. The smallest absolute Gasteiger partial charge is 0.251 e. The van der Waals surface area contributed by atoms with Crippen LogP contribution in [0.25, 0.3) is 10.9 Å². The fraction of sp³-hybridized carbons (Fsp3) is 0.200. The van der Waals surface area contributed by atoms with Crippen LogP contribution < -0.4 is 5.32 Å². The van der Waals surface area contributed by atoms with Crippen molar-refractivity contribution in [1.82, 2.24) is 10.3 Å². The summed E-state index contributed by atoms with van der Waals surface area (Å²) in [5.74, 6) is -0.0368. The van der Waals surface area contributed by atoms with Gasteiger partial charge in [-0.3, -0.25) is 9.78 Å². The van der Waals surface area contributed by atoms with Crippen LogP contribution in [0.5, 0.6) is 0 Å². The molecule has 0 spiro atoms. The number of benzene rings is 1. The first kappa shape index (κ1) is 12.3. The molecule has 3 heteroatoms. The molecule has 0 saturated carbocycles. The van der Waals surface area contributed by atoms with E-state index in [1.807, 2.05) is 43.3 Å². The Bertz CT molecular complexity index is 575. The van der Waals surface area contributed by atoms with E-state index >= 15 is 0 Å². The molecule has 0 radical (unpaired) electrons. The van der Waals surface area contributed by atoms with Crippen molar-refractivity contribution in [2.75, 3.05) is 6.54 Å². The van der Waals surface area contributed by atoms with Crippen LogP contribution in [0.3, 0.4) is 0 Å². The molecule has 0 saturated heterocycles. The van der Waals surface area contributed by atoms with Crippen LogP contribution in [0.4, 0.5) is 0 Å². The minimum Gasteiger partial charge on any atom is -0.352 e. The molecule has 0 aliphatic rings. The number of rotatable bonds is 4. The van der Waals surface area contributed by atoms with Crippen molar-refractivity contribution in [3.05, 3.63) is 54.2 Å². The van der Waals surface area contributed by atoms with Gasteiger partial charge in [-0.05, 0) is 37.6 Å². The number of carbonyl (C=O) groups excluding carboxylic acids is 1. The van der Waals surface area contributed by atoms with Crippen molar-refractivity contribution in [2.45, 2.75) is 13.3 Å². The van der Waals surface area contributed by atoms with Gasteiger partial charge in [0.25, 0.3) is 5.91 Å². The quantitative estimate of drug-likeness (QED) is 0.659. The molecule has 1 amide bonds. The van der Waals surface area contributed by atoms with Gasteiger partial charge in [0.15, 0.2) is 0 Å². The summed E-state index contributed by atoms with van der Waals surface area (Å²) in [6.45, 7) is 2.63. The number of allylic oxidation sites excluding steroid dienone is 1. The predicted octanol–water partition coefficient (Wildman–Crippen LogP) is 2.93. The number of nitrogens with one attached hydrogen (secondary N) is 1. The van der Waals surface area contributed by atoms with Gasteiger partial charge >= 0.3 is 0 Å². The highest BCUT2D eigenvalue weighted by molar-refractivity contribution is 5.97. The first-order chi connectivity index (χ1) is 8.81. The van der Waals surface area contributed by atoms with Crippen molar-refractivity contribution in [3.63, 3.8) is 0 Å². The van der Waals surface area contributed by atoms with Crippen LogP contribution in [0.1, 0.15) is 23.7 Å². The van der Waals surface area contributed by atoms with Crippen molar-refractivity contribution >= 4 is 16.8 Å². The Morgan fingerprint density at radius 3 is 3.11 bits per heavy atom. The second-order valence-corrected chi connectivity index (χ2v) is 4.02. The molecular weight excluding hydrogens is 224 g/mol. The minimum absolute atomic E-state index is 0.0368. The Balaban J connectivity index is 2.08. The lowest BCUT2D eigenvalue weighted by molar-refractivity contribution is 0.0954. The molecule has 1 heterocycles. The third-order valence-corrected chi connectivity index (χ3v) is 2.70. The molecule has 0 unspecified atom stereocenters. The number of hydrogen-bond acceptors (Lipinski definition) is 2. The zero-order chi connectivity index (χ0) is 12.8. The molecule has 1 N–H and O–H groups in total. The van der Waals surface area contributed by atoms with Gasteiger partial charge in [-0.15, -0.1) is 0 Å². The lowest BCUT2D eigenvalue weighted by atomic mass is 10.1. The molecule has 0 aliphatic carbocycles. The molecule has 0 fully saturated rings. The largest absolute Gasteiger partial charge is 0.352 e. The molecule has 0 bridgehead atoms. The van der Waals surface area contributed by atoms with Crippen molar-refractivity contribution in [1.29, 1.82) is 0 Å². The summed E-state index contributed by atoms with van der Waals surface area (Å²) >= 11 is 0. The van der Waals surface area contributed by atoms with Crippen LogP contribution >= 0.6 is 0 Å². The Kier molecular flexibility index (Phi) is 4.07. The predicted molar refractivity (Wildman–Crippen MR) is 73.5 cm³/mol. The fourth-order valence-corrected chi connectivity index (χ4v) is 1.75. The Morgan fingerprint density at radius 2 is 2.28 bits per heavy atom. The Hall–Kier alpha value is -2.16. The van der Waals surface area contributed by atoms with Gasteiger partial charge in [0, 0.05) is 23.7 Å². The molecular formula is C15H16N2O. The topological polar surface area (TPSA) is 42.0 Å². The van der Waals surface area contributed by atoms with E-state index in [9.17, 15) is 4.79 Å². The summed E-state index contributed by atoms with van der Waals surface area (Å²) in [6, 6.07) is 9.37. The second kappa shape index (κ2) is 5.96. The summed E-state index contributed by atoms with van der Waals surface area (Å²) < 4.78 is 0. The molecule has 0 aliphatic heterocycles. The molecule has 3 nitrogen and oxygen atoms in total. The summed E-state index contributed by atoms with van der Waals surface area (Å²) in [6.07, 6.45) is 6.62. The molecule has 1 aromatic carbocycles. The van der Waals surface area contributed by atoms with Gasteiger partial charge in [-0.1, -0.05) is 18.2 Å². The summed E-state index contributed by atoms with van der Waals surface area (Å²) in [5.41, 5.74) is 1.58. The van der Waals surface area contributed by atoms with E-state index in [1.165, 1.54) is 0 Å². The highest BCUT2D eigenvalue weighted by atomic mass is 16.1. The minimum atomic E-state index is -0.0368. The molecule has 18 heavy (non-hydrogen) atoms. The van der Waals surface area contributed by atoms with E-state index < -0.39 is 0 Å². The van der Waals surface area contributed by atoms with E-state index in [0.29, 0.717) is 12.1 Å². The molecule has 1 aromatic heterocycles. The molecule has 2 aromatic rings. The highest BCUT2D eigenvalue weighted by Gasteiger charge is 2.05.